The van der Waals surface area contributed by atoms with Crippen LogP contribution in [-0.4, -0.2) is 63.9 Å². The highest BCUT2D eigenvalue weighted by Gasteiger charge is 2.14. The van der Waals surface area contributed by atoms with Crippen molar-refractivity contribution < 1.29 is 4.79 Å². The van der Waals surface area contributed by atoms with E-state index in [1.807, 2.05) is 67.6 Å². The summed E-state index contributed by atoms with van der Waals surface area (Å²) in [5, 5.41) is 6.30. The monoisotopic (exact) mass is 493 g/mol. The first-order chi connectivity index (χ1) is 18.0. The quantitative estimate of drug-likeness (QED) is 0.389. The predicted octanol–water partition coefficient (Wildman–Crippen LogP) is 4.59. The van der Waals surface area contributed by atoms with Gasteiger partial charge in [-0.1, -0.05) is 18.2 Å². The highest BCUT2D eigenvalue weighted by molar-refractivity contribution is 6.04. The first-order valence-corrected chi connectivity index (χ1v) is 12.5. The number of nitrogens with one attached hydrogen (secondary N) is 2. The molecule has 0 aliphatic carbocycles. The third-order valence-corrected chi connectivity index (χ3v) is 6.59. The summed E-state index contributed by atoms with van der Waals surface area (Å²) in [7, 11) is 2.16. The lowest BCUT2D eigenvalue weighted by atomic mass is 10.1. The molecule has 0 saturated carbocycles. The third kappa shape index (κ3) is 6.35. The molecular weight excluding hydrogens is 462 g/mol. The van der Waals surface area contributed by atoms with Crippen molar-refractivity contribution in [2.45, 2.75) is 13.5 Å². The highest BCUT2D eigenvalue weighted by atomic mass is 16.1. The molecule has 2 aromatic heterocycles. The molecule has 0 atom stereocenters. The van der Waals surface area contributed by atoms with Crippen molar-refractivity contribution in [3.63, 3.8) is 0 Å². The van der Waals surface area contributed by atoms with Gasteiger partial charge in [-0.3, -0.25) is 14.7 Å². The zero-order valence-corrected chi connectivity index (χ0v) is 21.2. The Morgan fingerprint density at radius 3 is 2.43 bits per heavy atom. The fraction of sp³-hybridized carbons (Fsp3) is 0.241. The van der Waals surface area contributed by atoms with Gasteiger partial charge in [-0.05, 0) is 67.6 Å². The van der Waals surface area contributed by atoms with E-state index in [9.17, 15) is 4.79 Å². The van der Waals surface area contributed by atoms with Gasteiger partial charge in [0.2, 0.25) is 5.95 Å². The molecule has 188 valence electrons. The Labute approximate surface area is 217 Å². The van der Waals surface area contributed by atoms with Gasteiger partial charge in [0, 0.05) is 73.8 Å². The van der Waals surface area contributed by atoms with E-state index in [1.54, 1.807) is 18.6 Å². The summed E-state index contributed by atoms with van der Waals surface area (Å²) in [6.07, 6.45) is 5.20. The molecule has 1 fully saturated rings. The molecule has 1 aliphatic rings. The summed E-state index contributed by atoms with van der Waals surface area (Å²) in [5.41, 5.74) is 6.16. The van der Waals surface area contributed by atoms with Crippen LogP contribution in [0.25, 0.3) is 11.3 Å². The molecular formula is C29H31N7O. The number of piperazine rings is 1. The Morgan fingerprint density at radius 1 is 0.919 bits per heavy atom. The molecule has 4 aromatic rings. The topological polar surface area (TPSA) is 86.3 Å². The fourth-order valence-electron chi connectivity index (χ4n) is 4.29. The first-order valence-electron chi connectivity index (χ1n) is 12.5. The van der Waals surface area contributed by atoms with Gasteiger partial charge in [-0.2, -0.15) is 0 Å². The number of amides is 1. The van der Waals surface area contributed by atoms with E-state index in [2.05, 4.69) is 42.4 Å². The predicted molar refractivity (Wildman–Crippen MR) is 147 cm³/mol. The van der Waals surface area contributed by atoms with E-state index in [4.69, 9.17) is 0 Å². The second-order valence-corrected chi connectivity index (χ2v) is 9.39. The number of pyridine rings is 1. The van der Waals surface area contributed by atoms with Gasteiger partial charge in [0.05, 0.1) is 5.69 Å². The summed E-state index contributed by atoms with van der Waals surface area (Å²) in [4.78, 5) is 30.8. The van der Waals surface area contributed by atoms with Crippen LogP contribution in [0.4, 0.5) is 17.3 Å². The second kappa shape index (κ2) is 11.3. The van der Waals surface area contributed by atoms with E-state index >= 15 is 0 Å². The SMILES string of the molecule is Cc1ccc(NC(=O)c2ccc(CN3CCN(C)CC3)cc2)cc1Nc1nccc(-c2ccncc2)n1. The average molecular weight is 494 g/mol. The van der Waals surface area contributed by atoms with Gasteiger partial charge < -0.3 is 15.5 Å². The number of carbonyl (C=O) groups is 1. The van der Waals surface area contributed by atoms with Crippen LogP contribution in [0.1, 0.15) is 21.5 Å². The maximum Gasteiger partial charge on any atom is 0.255 e. The second-order valence-electron chi connectivity index (χ2n) is 9.39. The number of hydrogen-bond acceptors (Lipinski definition) is 7. The van der Waals surface area contributed by atoms with Crippen molar-refractivity contribution in [2.75, 3.05) is 43.9 Å². The van der Waals surface area contributed by atoms with Crippen LogP contribution in [-0.2, 0) is 6.54 Å². The van der Waals surface area contributed by atoms with E-state index < -0.39 is 0 Å². The van der Waals surface area contributed by atoms with Crippen LogP contribution >= 0.6 is 0 Å². The molecule has 1 amide bonds. The fourth-order valence-corrected chi connectivity index (χ4v) is 4.29. The van der Waals surface area contributed by atoms with Gasteiger partial charge in [0.25, 0.3) is 5.91 Å². The maximum absolute atomic E-state index is 12.9. The van der Waals surface area contributed by atoms with Crippen molar-refractivity contribution in [1.29, 1.82) is 0 Å². The largest absolute Gasteiger partial charge is 0.324 e. The minimum atomic E-state index is -0.142. The minimum Gasteiger partial charge on any atom is -0.324 e. The lowest BCUT2D eigenvalue weighted by Crippen LogP contribution is -2.43. The number of rotatable bonds is 7. The standard InChI is InChI=1S/C29H31N7O/c1-21-3-8-25(19-27(21)34-29-31-14-11-26(33-29)23-9-12-30-13-10-23)32-28(37)24-6-4-22(5-7-24)20-36-17-15-35(2)16-18-36/h3-14,19H,15-18,20H2,1-2H3,(H,32,37)(H,31,33,34). The van der Waals surface area contributed by atoms with Crippen LogP contribution < -0.4 is 10.6 Å². The number of hydrogen-bond donors (Lipinski definition) is 2. The van der Waals surface area contributed by atoms with Crippen molar-refractivity contribution in [2.24, 2.45) is 0 Å². The molecule has 37 heavy (non-hydrogen) atoms. The van der Waals surface area contributed by atoms with Crippen LogP contribution in [0.3, 0.4) is 0 Å². The summed E-state index contributed by atoms with van der Waals surface area (Å²) >= 11 is 0. The molecule has 0 bridgehead atoms. The molecule has 3 heterocycles. The van der Waals surface area contributed by atoms with E-state index in [-0.39, 0.29) is 5.91 Å². The van der Waals surface area contributed by atoms with Gasteiger partial charge in [-0.15, -0.1) is 0 Å². The van der Waals surface area contributed by atoms with Crippen molar-refractivity contribution >= 4 is 23.2 Å². The van der Waals surface area contributed by atoms with Crippen LogP contribution in [0.15, 0.2) is 79.3 Å². The van der Waals surface area contributed by atoms with Gasteiger partial charge in [0.15, 0.2) is 0 Å². The third-order valence-electron chi connectivity index (χ3n) is 6.59. The number of aromatic nitrogens is 3. The average Bonchev–Trinajstić information content (AvgIpc) is 2.93. The van der Waals surface area contributed by atoms with Crippen LogP contribution in [0.5, 0.6) is 0 Å². The van der Waals surface area contributed by atoms with Gasteiger partial charge in [-0.25, -0.2) is 9.97 Å². The Kier molecular flexibility index (Phi) is 7.49. The number of benzene rings is 2. The van der Waals surface area contributed by atoms with Gasteiger partial charge >= 0.3 is 0 Å². The van der Waals surface area contributed by atoms with Gasteiger partial charge in [0.1, 0.15) is 0 Å². The number of aryl methyl sites for hydroxylation is 1. The van der Waals surface area contributed by atoms with Crippen LogP contribution in [0, 0.1) is 6.92 Å². The van der Waals surface area contributed by atoms with Crippen molar-refractivity contribution in [3.8, 4) is 11.3 Å². The molecule has 1 aliphatic heterocycles. The maximum atomic E-state index is 12.9. The lowest BCUT2D eigenvalue weighted by Gasteiger charge is -2.32. The summed E-state index contributed by atoms with van der Waals surface area (Å²) < 4.78 is 0. The van der Waals surface area contributed by atoms with E-state index in [0.717, 1.165) is 55.2 Å². The van der Waals surface area contributed by atoms with E-state index in [0.29, 0.717) is 17.2 Å². The molecule has 0 radical (unpaired) electrons. The zero-order chi connectivity index (χ0) is 25.6. The smallest absolute Gasteiger partial charge is 0.255 e. The Bertz CT molecular complexity index is 1350. The lowest BCUT2D eigenvalue weighted by molar-refractivity contribution is 0.102. The summed E-state index contributed by atoms with van der Waals surface area (Å²) in [5.74, 6) is 0.341. The number of likely N-dealkylation sites (N-methyl/N-ethyl adjacent to an activating group) is 1. The summed E-state index contributed by atoms with van der Waals surface area (Å²) in [6.45, 7) is 7.24. The normalized spacial score (nSPS) is 14.3. The van der Waals surface area contributed by atoms with E-state index in [1.165, 1.54) is 5.56 Å². The minimum absolute atomic E-state index is 0.142. The molecule has 0 unspecified atom stereocenters. The molecule has 2 N–H and O–H groups in total. The molecule has 8 nitrogen and oxygen atoms in total. The van der Waals surface area contributed by atoms with Crippen LogP contribution in [0.2, 0.25) is 0 Å². The molecule has 2 aromatic carbocycles. The molecule has 5 rings (SSSR count). The molecule has 8 heteroatoms. The van der Waals surface area contributed by atoms with Crippen molar-refractivity contribution in [1.82, 2.24) is 24.8 Å². The number of anilines is 3. The Hall–Kier alpha value is -4.14. The number of nitrogens with zero attached hydrogens (tertiary/aromatic N) is 5. The Balaban J connectivity index is 1.24. The number of carbonyl (C=O) groups excluding carboxylic acids is 1. The molecule has 0 spiro atoms. The summed E-state index contributed by atoms with van der Waals surface area (Å²) in [6, 6.07) is 19.3. The first kappa shape index (κ1) is 24.5. The zero-order valence-electron chi connectivity index (χ0n) is 21.2. The Morgan fingerprint density at radius 2 is 1.68 bits per heavy atom. The highest BCUT2D eigenvalue weighted by Crippen LogP contribution is 2.25. The van der Waals surface area contributed by atoms with Crippen molar-refractivity contribution in [3.05, 3.63) is 95.9 Å². The molecule has 1 saturated heterocycles.